The van der Waals surface area contributed by atoms with Crippen molar-refractivity contribution in [1.29, 1.82) is 0 Å². The zero-order valence-corrected chi connectivity index (χ0v) is 8.03. The van der Waals surface area contributed by atoms with Gasteiger partial charge in [-0.25, -0.2) is 0 Å². The zero-order valence-electron chi connectivity index (χ0n) is 4.11. The number of rotatable bonds is 0. The Morgan fingerprint density at radius 2 is 2.44 bits per heavy atom. The summed E-state index contributed by atoms with van der Waals surface area (Å²) in [7, 11) is 0. The molecular weight excluding hydrogens is 273 g/mol. The first-order valence-electron chi connectivity index (χ1n) is 2.02. The van der Waals surface area contributed by atoms with Crippen LogP contribution in [0.25, 0.3) is 0 Å². The van der Waals surface area contributed by atoms with Gasteiger partial charge in [-0.15, -0.1) is 9.25 Å². The molecule has 0 unspecified atom stereocenters. The summed E-state index contributed by atoms with van der Waals surface area (Å²) in [6.45, 7) is 0. The highest BCUT2D eigenvalue weighted by atomic mass is 79.9. The second kappa shape index (κ2) is 2.90. The molecule has 1 aliphatic rings. The fraction of sp³-hybridized carbons (Fsp3) is 0. The third kappa shape index (κ3) is 2.15. The van der Waals surface area contributed by atoms with Crippen LogP contribution in [-0.4, -0.2) is 8.76 Å². The van der Waals surface area contributed by atoms with Gasteiger partial charge in [0.2, 0.25) is 0 Å². The van der Waals surface area contributed by atoms with E-state index in [2.05, 4.69) is 42.6 Å². The maximum Gasteiger partial charge on any atom is 0.132 e. The van der Waals surface area contributed by atoms with Crippen LogP contribution in [0, 0.1) is 0 Å². The number of halogens is 3. The highest BCUT2D eigenvalue weighted by Gasteiger charge is 2.04. The molecule has 3 nitrogen and oxygen atoms in total. The van der Waals surface area contributed by atoms with Gasteiger partial charge in [-0.1, -0.05) is 11.6 Å². The molecule has 0 aliphatic carbocycles. The molecule has 9 heavy (non-hydrogen) atoms. The predicted molar refractivity (Wildman–Crippen MR) is 44.2 cm³/mol. The fourth-order valence-corrected chi connectivity index (χ4v) is 1.74. The highest BCUT2D eigenvalue weighted by Crippen LogP contribution is 2.11. The van der Waals surface area contributed by atoms with E-state index >= 15 is 0 Å². The Kier molecular flexibility index (Phi) is 2.37. The van der Waals surface area contributed by atoms with Crippen LogP contribution >= 0.6 is 43.7 Å². The van der Waals surface area contributed by atoms with Gasteiger partial charge in [-0.2, -0.15) is 0 Å². The molecule has 1 heterocycles. The van der Waals surface area contributed by atoms with E-state index < -0.39 is 0 Å². The molecule has 0 spiro atoms. The van der Waals surface area contributed by atoms with Gasteiger partial charge < -0.3 is 0 Å². The summed E-state index contributed by atoms with van der Waals surface area (Å²) < 4.78 is 2.00. The molecule has 1 rings (SSSR count). The van der Waals surface area contributed by atoms with E-state index in [1.54, 1.807) is 6.08 Å². The number of hydrazine groups is 1. The molecule has 1 N–H and O–H groups in total. The molecule has 1 aliphatic heterocycles. The minimum absolute atomic E-state index is 0.508. The number of hydrazone groups is 1. The molecule has 0 radical (unpaired) electrons. The van der Waals surface area contributed by atoms with Crippen LogP contribution in [-0.2, 0) is 0 Å². The predicted octanol–water partition coefficient (Wildman–Crippen LogP) is 1.91. The molecule has 0 bridgehead atoms. The van der Waals surface area contributed by atoms with E-state index in [-0.39, 0.29) is 0 Å². The standard InChI is InChI=1S/C3H2Br2ClN3/c4-2-1-3(6)8-9(5)7-2/h1,8H. The van der Waals surface area contributed by atoms with Gasteiger partial charge in [-0.05, 0) is 15.9 Å². The quantitative estimate of drug-likeness (QED) is 0.540. The van der Waals surface area contributed by atoms with Gasteiger partial charge in [0.25, 0.3) is 0 Å². The van der Waals surface area contributed by atoms with Crippen LogP contribution in [0.2, 0.25) is 0 Å². The molecule has 0 aromatic rings. The van der Waals surface area contributed by atoms with Crippen LogP contribution < -0.4 is 5.43 Å². The average molecular weight is 275 g/mol. The number of nitrogens with one attached hydrogen (secondary N) is 1. The Morgan fingerprint density at radius 3 is 2.89 bits per heavy atom. The van der Waals surface area contributed by atoms with E-state index in [1.807, 2.05) is 0 Å². The van der Waals surface area contributed by atoms with Crippen molar-refractivity contribution in [3.8, 4) is 0 Å². The summed E-state index contributed by atoms with van der Waals surface area (Å²) in [5.41, 5.74) is 2.67. The molecule has 6 heteroatoms. The highest BCUT2D eigenvalue weighted by molar-refractivity contribution is 9.18. The van der Waals surface area contributed by atoms with Crippen LogP contribution in [0.5, 0.6) is 0 Å². The van der Waals surface area contributed by atoms with Gasteiger partial charge in [0, 0.05) is 6.08 Å². The first-order chi connectivity index (χ1) is 4.18. The van der Waals surface area contributed by atoms with Crippen molar-refractivity contribution in [2.75, 3.05) is 0 Å². The summed E-state index contributed by atoms with van der Waals surface area (Å²) in [5, 5.41) is 4.35. The van der Waals surface area contributed by atoms with Crippen LogP contribution in [0.15, 0.2) is 16.3 Å². The molecule has 0 amide bonds. The fourth-order valence-electron chi connectivity index (χ4n) is 0.363. The van der Waals surface area contributed by atoms with Gasteiger partial charge in [0.05, 0.1) is 16.1 Å². The summed E-state index contributed by atoms with van der Waals surface area (Å²) in [6.07, 6.45) is 1.65. The second-order valence-electron chi connectivity index (χ2n) is 1.29. The number of allylic oxidation sites excluding steroid dienone is 1. The summed E-state index contributed by atoms with van der Waals surface area (Å²) in [6, 6.07) is 0. The van der Waals surface area contributed by atoms with Gasteiger partial charge in [0.1, 0.15) is 9.78 Å². The zero-order chi connectivity index (χ0) is 6.85. The molecule has 0 atom stereocenters. The lowest BCUT2D eigenvalue weighted by molar-refractivity contribution is 0.441. The van der Waals surface area contributed by atoms with Crippen molar-refractivity contribution in [2.45, 2.75) is 0 Å². The summed E-state index contributed by atoms with van der Waals surface area (Å²) in [4.78, 5) is 0. The Bertz CT molecular complexity index is 178. The molecule has 0 aromatic carbocycles. The van der Waals surface area contributed by atoms with Crippen LogP contribution in [0.3, 0.4) is 0 Å². The first-order valence-corrected chi connectivity index (χ1v) is 3.90. The normalized spacial score (nSPS) is 18.3. The summed E-state index contributed by atoms with van der Waals surface area (Å²) >= 11 is 11.8. The number of hydrogen-bond acceptors (Lipinski definition) is 3. The third-order valence-corrected chi connectivity index (χ3v) is 1.55. The van der Waals surface area contributed by atoms with Crippen molar-refractivity contribution in [3.05, 3.63) is 11.2 Å². The van der Waals surface area contributed by atoms with Gasteiger partial charge >= 0.3 is 0 Å². The average Bonchev–Trinajstić information content (AvgIpc) is 1.59. The van der Waals surface area contributed by atoms with Crippen molar-refractivity contribution in [2.24, 2.45) is 5.10 Å². The maximum atomic E-state index is 5.57. The van der Waals surface area contributed by atoms with E-state index in [9.17, 15) is 0 Å². The van der Waals surface area contributed by atoms with Gasteiger partial charge in [0.15, 0.2) is 0 Å². The van der Waals surface area contributed by atoms with Crippen molar-refractivity contribution in [3.63, 3.8) is 0 Å². The Hall–Kier alpha value is 0.260. The lowest BCUT2D eigenvalue weighted by Crippen LogP contribution is -2.25. The Balaban J connectivity index is 2.74. The lowest BCUT2D eigenvalue weighted by Gasteiger charge is -2.15. The molecule has 0 aromatic heterocycles. The van der Waals surface area contributed by atoms with E-state index in [4.69, 9.17) is 11.6 Å². The monoisotopic (exact) mass is 273 g/mol. The molecule has 50 valence electrons. The number of nitrogens with zero attached hydrogens (tertiary/aromatic N) is 2. The van der Waals surface area contributed by atoms with Crippen LogP contribution in [0.1, 0.15) is 0 Å². The van der Waals surface area contributed by atoms with E-state index in [0.717, 1.165) is 0 Å². The first kappa shape index (κ1) is 7.37. The Labute approximate surface area is 74.2 Å². The lowest BCUT2D eigenvalue weighted by atomic mass is 10.6. The molecule has 0 fully saturated rings. The van der Waals surface area contributed by atoms with Crippen molar-refractivity contribution in [1.82, 2.24) is 9.57 Å². The largest absolute Gasteiger partial charge is 0.261 e. The maximum absolute atomic E-state index is 5.57. The van der Waals surface area contributed by atoms with Crippen LogP contribution in [0.4, 0.5) is 0 Å². The molecule has 0 saturated carbocycles. The number of hydrogen-bond donors (Lipinski definition) is 1. The minimum Gasteiger partial charge on any atom is -0.261 e. The second-order valence-corrected chi connectivity index (χ2v) is 3.18. The smallest absolute Gasteiger partial charge is 0.132 e. The summed E-state index contributed by atoms with van der Waals surface area (Å²) in [5.74, 6) is 0. The minimum atomic E-state index is 0.508. The van der Waals surface area contributed by atoms with E-state index in [0.29, 0.717) is 9.78 Å². The topological polar surface area (TPSA) is 27.6 Å². The molecular formula is C3H2Br2ClN3. The molecule has 0 saturated heterocycles. The van der Waals surface area contributed by atoms with Crippen molar-refractivity contribution >= 4 is 48.3 Å². The van der Waals surface area contributed by atoms with Gasteiger partial charge in [-0.3, -0.25) is 5.43 Å². The SMILES string of the molecule is ClC1=CC(Br)=NN(Br)N1. The van der Waals surface area contributed by atoms with Crippen molar-refractivity contribution < 1.29 is 0 Å². The third-order valence-electron chi connectivity index (χ3n) is 0.628. The Morgan fingerprint density at radius 1 is 1.78 bits per heavy atom. The van der Waals surface area contributed by atoms with E-state index in [1.165, 1.54) is 4.14 Å².